The summed E-state index contributed by atoms with van der Waals surface area (Å²) in [6.45, 7) is 3.07. The van der Waals surface area contributed by atoms with Gasteiger partial charge in [-0.15, -0.1) is 11.3 Å². The first-order chi connectivity index (χ1) is 13.9. The molecule has 0 radical (unpaired) electrons. The highest BCUT2D eigenvalue weighted by molar-refractivity contribution is 9.10. The molecule has 0 saturated carbocycles. The third kappa shape index (κ3) is 3.51. The summed E-state index contributed by atoms with van der Waals surface area (Å²) in [6.07, 6.45) is -0.193. The number of amides is 2. The van der Waals surface area contributed by atoms with E-state index in [2.05, 4.69) is 26.6 Å². The minimum absolute atomic E-state index is 0.00437. The van der Waals surface area contributed by atoms with Gasteiger partial charge in [-0.2, -0.15) is 0 Å². The maximum Gasteiger partial charge on any atom is 0.410 e. The Labute approximate surface area is 179 Å². The number of methoxy groups -OCH3 is 1. The first-order valence-electron chi connectivity index (χ1n) is 9.13. The molecule has 1 aromatic heterocycles. The Bertz CT molecular complexity index is 993. The molecule has 0 aliphatic carbocycles. The lowest BCUT2D eigenvalue weighted by atomic mass is 10.0. The van der Waals surface area contributed by atoms with Crippen LogP contribution >= 0.6 is 27.3 Å². The largest absolute Gasteiger partial charge is 0.503 e. The van der Waals surface area contributed by atoms with Crippen LogP contribution in [0.3, 0.4) is 0 Å². The number of nitrogens with zero attached hydrogens (tertiary/aromatic N) is 1. The Kier molecular flexibility index (Phi) is 5.30. The molecule has 29 heavy (non-hydrogen) atoms. The summed E-state index contributed by atoms with van der Waals surface area (Å²) in [7, 11) is 1.47. The molecule has 0 fully saturated rings. The fourth-order valence-electron chi connectivity index (χ4n) is 3.57. The van der Waals surface area contributed by atoms with Crippen molar-refractivity contribution < 1.29 is 24.2 Å². The summed E-state index contributed by atoms with van der Waals surface area (Å²) in [4.78, 5) is 27.6. The zero-order valence-corrected chi connectivity index (χ0v) is 18.3. The summed E-state index contributed by atoms with van der Waals surface area (Å²) in [5.41, 5.74) is 2.37. The summed E-state index contributed by atoms with van der Waals surface area (Å²) in [6, 6.07) is 3.41. The second kappa shape index (κ2) is 7.75. The number of phenolic OH excluding ortho intramolecular Hbond substituents is 1. The molecule has 2 aliphatic rings. The van der Waals surface area contributed by atoms with Crippen molar-refractivity contribution in [2.24, 2.45) is 0 Å². The number of halogens is 1. The van der Waals surface area contributed by atoms with Crippen LogP contribution in [0.1, 0.15) is 39.5 Å². The van der Waals surface area contributed by atoms with Crippen LogP contribution in [0, 0.1) is 0 Å². The molecule has 4 rings (SSSR count). The van der Waals surface area contributed by atoms with Crippen molar-refractivity contribution in [3.05, 3.63) is 38.2 Å². The number of benzene rings is 1. The van der Waals surface area contributed by atoms with Gasteiger partial charge < -0.3 is 30.1 Å². The summed E-state index contributed by atoms with van der Waals surface area (Å²) in [5, 5.41) is 17.1. The Hall–Kier alpha value is -2.46. The lowest BCUT2D eigenvalue weighted by molar-refractivity contribution is 0.0934. The predicted octanol–water partition coefficient (Wildman–Crippen LogP) is 3.59. The quantitative estimate of drug-likeness (QED) is 0.619. The first-order valence-corrected chi connectivity index (χ1v) is 10.7. The Morgan fingerprint density at radius 2 is 2.21 bits per heavy atom. The second-order valence-corrected chi connectivity index (χ2v) is 8.64. The number of fused-ring (bicyclic) bond motifs is 3. The molecule has 0 saturated heterocycles. The minimum Gasteiger partial charge on any atom is -0.503 e. The lowest BCUT2D eigenvalue weighted by Gasteiger charge is -2.28. The van der Waals surface area contributed by atoms with Crippen molar-refractivity contribution in [3.8, 4) is 11.5 Å². The molecule has 2 aromatic rings. The van der Waals surface area contributed by atoms with Gasteiger partial charge in [-0.25, -0.2) is 4.79 Å². The van der Waals surface area contributed by atoms with Gasteiger partial charge in [0.05, 0.1) is 30.3 Å². The molecule has 0 bridgehead atoms. The smallest absolute Gasteiger partial charge is 0.410 e. The van der Waals surface area contributed by atoms with E-state index in [1.807, 2.05) is 0 Å². The van der Waals surface area contributed by atoms with Crippen LogP contribution in [0.5, 0.6) is 11.5 Å². The van der Waals surface area contributed by atoms with Gasteiger partial charge in [-0.1, -0.05) is 0 Å². The van der Waals surface area contributed by atoms with Crippen LogP contribution in [0.4, 0.5) is 9.80 Å². The van der Waals surface area contributed by atoms with E-state index in [-0.39, 0.29) is 17.7 Å². The van der Waals surface area contributed by atoms with Gasteiger partial charge in [-0.3, -0.25) is 4.79 Å². The topological polar surface area (TPSA) is 100 Å². The Morgan fingerprint density at radius 3 is 2.93 bits per heavy atom. The van der Waals surface area contributed by atoms with E-state index in [9.17, 15) is 14.7 Å². The number of phenols is 1. The van der Waals surface area contributed by atoms with Gasteiger partial charge in [0.25, 0.3) is 5.91 Å². The standard InChI is InChI=1S/C19H20BrN3O5S/c1-3-28-19(26)23-5-4-10-13(8-23)29-18-14(10)17(25)21-16(22-18)9-6-11(20)15(24)12(7-9)27-2/h6-7,16,22,24H,3-5,8H2,1-2H3,(H,21,25)/t16-/m0/s1. The molecule has 2 amide bonds. The maximum atomic E-state index is 12.9. The Morgan fingerprint density at radius 1 is 1.41 bits per heavy atom. The number of hydrogen-bond donors (Lipinski definition) is 3. The molecule has 3 heterocycles. The van der Waals surface area contributed by atoms with Crippen molar-refractivity contribution in [1.29, 1.82) is 0 Å². The fraction of sp³-hybridized carbons (Fsp3) is 0.368. The highest BCUT2D eigenvalue weighted by Crippen LogP contribution is 2.42. The van der Waals surface area contributed by atoms with E-state index in [0.29, 0.717) is 41.9 Å². The molecule has 2 aliphatic heterocycles. The molecule has 10 heteroatoms. The molecule has 1 aromatic carbocycles. The van der Waals surface area contributed by atoms with Crippen LogP contribution in [0.2, 0.25) is 0 Å². The van der Waals surface area contributed by atoms with E-state index >= 15 is 0 Å². The molecule has 154 valence electrons. The van der Waals surface area contributed by atoms with Crippen molar-refractivity contribution in [1.82, 2.24) is 10.2 Å². The minimum atomic E-state index is -0.470. The van der Waals surface area contributed by atoms with Crippen LogP contribution in [-0.2, 0) is 17.7 Å². The van der Waals surface area contributed by atoms with Crippen LogP contribution in [0.25, 0.3) is 0 Å². The summed E-state index contributed by atoms with van der Waals surface area (Å²) >= 11 is 4.80. The molecule has 8 nitrogen and oxygen atoms in total. The number of hydrogen-bond acceptors (Lipinski definition) is 7. The SMILES string of the molecule is CCOC(=O)N1CCc2c(sc3c2C(=O)N[C@H](c2cc(Br)c(O)c(OC)c2)N3)C1. The number of anilines is 1. The molecule has 3 N–H and O–H groups in total. The third-order valence-corrected chi connectivity index (χ3v) is 6.72. The number of aromatic hydroxyl groups is 1. The number of nitrogens with one attached hydrogen (secondary N) is 2. The molecular weight excluding hydrogens is 462 g/mol. The zero-order chi connectivity index (χ0) is 20.7. The number of thiophene rings is 1. The van der Waals surface area contributed by atoms with Gasteiger partial charge in [-0.05, 0) is 52.5 Å². The average molecular weight is 482 g/mol. The van der Waals surface area contributed by atoms with E-state index in [4.69, 9.17) is 9.47 Å². The van der Waals surface area contributed by atoms with Gasteiger partial charge in [0.1, 0.15) is 11.2 Å². The maximum absolute atomic E-state index is 12.9. The highest BCUT2D eigenvalue weighted by atomic mass is 79.9. The zero-order valence-electron chi connectivity index (χ0n) is 15.9. The van der Waals surface area contributed by atoms with E-state index in [1.54, 1.807) is 24.0 Å². The summed E-state index contributed by atoms with van der Waals surface area (Å²) < 4.78 is 10.8. The van der Waals surface area contributed by atoms with Gasteiger partial charge in [0.2, 0.25) is 0 Å². The van der Waals surface area contributed by atoms with Crippen molar-refractivity contribution in [2.75, 3.05) is 25.6 Å². The van der Waals surface area contributed by atoms with Crippen molar-refractivity contribution in [2.45, 2.75) is 26.1 Å². The van der Waals surface area contributed by atoms with Crippen LogP contribution in [0.15, 0.2) is 16.6 Å². The van der Waals surface area contributed by atoms with Gasteiger partial charge in [0.15, 0.2) is 11.5 Å². The number of carbonyl (C=O) groups excluding carboxylic acids is 2. The normalized spacial score (nSPS) is 17.7. The number of ether oxygens (including phenoxy) is 2. The van der Waals surface area contributed by atoms with Gasteiger partial charge in [0, 0.05) is 11.4 Å². The Balaban J connectivity index is 1.62. The third-order valence-electron chi connectivity index (χ3n) is 4.96. The molecule has 1 atom stereocenters. The van der Waals surface area contributed by atoms with E-state index in [0.717, 1.165) is 21.0 Å². The van der Waals surface area contributed by atoms with Gasteiger partial charge >= 0.3 is 6.09 Å². The second-order valence-electron chi connectivity index (χ2n) is 6.68. The summed E-state index contributed by atoms with van der Waals surface area (Å²) in [5.74, 6) is 0.158. The van der Waals surface area contributed by atoms with E-state index in [1.165, 1.54) is 18.4 Å². The lowest BCUT2D eigenvalue weighted by Crippen LogP contribution is -2.39. The number of rotatable bonds is 3. The van der Waals surface area contributed by atoms with E-state index < -0.39 is 6.17 Å². The van der Waals surface area contributed by atoms with Crippen LogP contribution in [-0.4, -0.2) is 42.3 Å². The molecule has 0 spiro atoms. The monoisotopic (exact) mass is 481 g/mol. The first kappa shape index (κ1) is 19.8. The fourth-order valence-corrected chi connectivity index (χ4v) is 5.32. The van der Waals surface area contributed by atoms with Crippen LogP contribution < -0.4 is 15.4 Å². The molecular formula is C19H20BrN3O5S. The number of carbonyl (C=O) groups is 2. The van der Waals surface area contributed by atoms with Crippen molar-refractivity contribution in [3.63, 3.8) is 0 Å². The average Bonchev–Trinajstić information content (AvgIpc) is 3.08. The van der Waals surface area contributed by atoms with Crippen molar-refractivity contribution >= 4 is 44.3 Å². The molecule has 0 unspecified atom stereocenters. The highest BCUT2D eigenvalue weighted by Gasteiger charge is 2.34. The predicted molar refractivity (Wildman–Crippen MR) is 112 cm³/mol.